The molecule has 1 aliphatic rings. The van der Waals surface area contributed by atoms with E-state index in [9.17, 15) is 0 Å². The SMILES string of the molecule is Cc1ccc(-c2cnn(CC3(C)CCCCC3)c2)c(-c2cnc3c(c2)ncn3C)n1. The Morgan fingerprint density at radius 2 is 1.87 bits per heavy atom. The van der Waals surface area contributed by atoms with Crippen LogP contribution >= 0.6 is 0 Å². The lowest BCUT2D eigenvalue weighted by molar-refractivity contribution is 0.176. The molecule has 0 spiro atoms. The highest BCUT2D eigenvalue weighted by Gasteiger charge is 2.27. The van der Waals surface area contributed by atoms with Gasteiger partial charge in [-0.15, -0.1) is 0 Å². The van der Waals surface area contributed by atoms with Crippen molar-refractivity contribution in [2.45, 2.75) is 52.5 Å². The summed E-state index contributed by atoms with van der Waals surface area (Å²) in [5.41, 5.74) is 7.17. The topological polar surface area (TPSA) is 61.4 Å². The van der Waals surface area contributed by atoms with Gasteiger partial charge < -0.3 is 4.57 Å². The van der Waals surface area contributed by atoms with Gasteiger partial charge in [0.05, 0.1) is 18.2 Å². The van der Waals surface area contributed by atoms with Gasteiger partial charge in [-0.25, -0.2) is 9.97 Å². The summed E-state index contributed by atoms with van der Waals surface area (Å²) >= 11 is 0. The molecular weight excluding hydrogens is 372 g/mol. The van der Waals surface area contributed by atoms with Crippen LogP contribution in [0.1, 0.15) is 44.7 Å². The maximum Gasteiger partial charge on any atom is 0.159 e. The van der Waals surface area contributed by atoms with Gasteiger partial charge in [0.1, 0.15) is 5.52 Å². The summed E-state index contributed by atoms with van der Waals surface area (Å²) in [5.74, 6) is 0. The van der Waals surface area contributed by atoms with Crippen LogP contribution in [0.4, 0.5) is 0 Å². The minimum Gasteiger partial charge on any atom is -0.318 e. The summed E-state index contributed by atoms with van der Waals surface area (Å²) < 4.78 is 4.05. The van der Waals surface area contributed by atoms with Crippen LogP contribution < -0.4 is 0 Å². The first-order valence-corrected chi connectivity index (χ1v) is 10.8. The Kier molecular flexibility index (Phi) is 4.65. The lowest BCUT2D eigenvalue weighted by atomic mass is 9.76. The second-order valence-corrected chi connectivity index (χ2v) is 9.07. The minimum absolute atomic E-state index is 0.351. The van der Waals surface area contributed by atoms with Crippen molar-refractivity contribution in [3.63, 3.8) is 0 Å². The normalized spacial score (nSPS) is 16.2. The van der Waals surface area contributed by atoms with Gasteiger partial charge in [-0.3, -0.25) is 9.67 Å². The largest absolute Gasteiger partial charge is 0.318 e. The first-order chi connectivity index (χ1) is 14.5. The molecule has 154 valence electrons. The molecule has 0 saturated heterocycles. The van der Waals surface area contributed by atoms with Gasteiger partial charge in [0.2, 0.25) is 0 Å². The predicted molar refractivity (Wildman–Crippen MR) is 119 cm³/mol. The number of rotatable bonds is 4. The molecule has 4 aromatic heterocycles. The van der Waals surface area contributed by atoms with Crippen LogP contribution in [0.15, 0.2) is 43.1 Å². The molecule has 0 amide bonds. The molecule has 4 aromatic rings. The quantitative estimate of drug-likeness (QED) is 0.474. The van der Waals surface area contributed by atoms with Crippen LogP contribution in [0.3, 0.4) is 0 Å². The van der Waals surface area contributed by atoms with Crippen LogP contribution in [-0.4, -0.2) is 29.3 Å². The minimum atomic E-state index is 0.351. The maximum absolute atomic E-state index is 4.86. The van der Waals surface area contributed by atoms with Crippen LogP contribution in [0.2, 0.25) is 0 Å². The van der Waals surface area contributed by atoms with E-state index >= 15 is 0 Å². The highest BCUT2D eigenvalue weighted by Crippen LogP contribution is 2.38. The van der Waals surface area contributed by atoms with Crippen LogP contribution in [0.5, 0.6) is 0 Å². The number of pyridine rings is 2. The fourth-order valence-electron chi connectivity index (χ4n) is 4.70. The van der Waals surface area contributed by atoms with E-state index in [1.807, 2.05) is 30.9 Å². The Labute approximate surface area is 177 Å². The van der Waals surface area contributed by atoms with Crippen LogP contribution in [-0.2, 0) is 13.6 Å². The molecule has 1 aliphatic carbocycles. The predicted octanol–water partition coefficient (Wildman–Crippen LogP) is 5.17. The smallest absolute Gasteiger partial charge is 0.159 e. The lowest BCUT2D eigenvalue weighted by Gasteiger charge is -2.33. The Morgan fingerprint density at radius 1 is 1.03 bits per heavy atom. The molecule has 6 nitrogen and oxygen atoms in total. The van der Waals surface area contributed by atoms with Crippen molar-refractivity contribution < 1.29 is 0 Å². The monoisotopic (exact) mass is 400 g/mol. The van der Waals surface area contributed by atoms with E-state index in [4.69, 9.17) is 10.1 Å². The first-order valence-electron chi connectivity index (χ1n) is 10.8. The number of nitrogens with zero attached hydrogens (tertiary/aromatic N) is 6. The summed E-state index contributed by atoms with van der Waals surface area (Å²) in [6.45, 7) is 5.40. The molecule has 0 aromatic carbocycles. The van der Waals surface area contributed by atoms with E-state index in [0.29, 0.717) is 5.41 Å². The van der Waals surface area contributed by atoms with E-state index in [1.54, 1.807) is 6.33 Å². The van der Waals surface area contributed by atoms with Crippen molar-refractivity contribution in [2.75, 3.05) is 0 Å². The van der Waals surface area contributed by atoms with Crippen molar-refractivity contribution in [1.29, 1.82) is 0 Å². The molecule has 1 saturated carbocycles. The Bertz CT molecular complexity index is 1200. The number of aryl methyl sites for hydroxylation is 2. The zero-order valence-corrected chi connectivity index (χ0v) is 18.0. The van der Waals surface area contributed by atoms with Crippen LogP contribution in [0, 0.1) is 12.3 Å². The number of hydrogen-bond donors (Lipinski definition) is 0. The second kappa shape index (κ2) is 7.35. The van der Waals surface area contributed by atoms with Gasteiger partial charge in [0, 0.05) is 48.4 Å². The van der Waals surface area contributed by atoms with Gasteiger partial charge in [0.15, 0.2) is 5.65 Å². The number of fused-ring (bicyclic) bond motifs is 1. The third-order valence-corrected chi connectivity index (χ3v) is 6.41. The molecule has 0 N–H and O–H groups in total. The molecule has 0 bridgehead atoms. The maximum atomic E-state index is 4.86. The third kappa shape index (κ3) is 3.51. The van der Waals surface area contributed by atoms with E-state index in [0.717, 1.165) is 45.8 Å². The van der Waals surface area contributed by atoms with Gasteiger partial charge >= 0.3 is 0 Å². The molecule has 0 unspecified atom stereocenters. The molecule has 0 aliphatic heterocycles. The van der Waals surface area contributed by atoms with Crippen molar-refractivity contribution in [1.82, 2.24) is 29.3 Å². The molecule has 1 fully saturated rings. The Morgan fingerprint density at radius 3 is 2.70 bits per heavy atom. The highest BCUT2D eigenvalue weighted by atomic mass is 15.3. The Balaban J connectivity index is 1.51. The lowest BCUT2D eigenvalue weighted by Crippen LogP contribution is -2.26. The summed E-state index contributed by atoms with van der Waals surface area (Å²) in [7, 11) is 1.96. The molecule has 0 atom stereocenters. The summed E-state index contributed by atoms with van der Waals surface area (Å²) in [4.78, 5) is 13.9. The molecule has 30 heavy (non-hydrogen) atoms. The van der Waals surface area contributed by atoms with E-state index < -0.39 is 0 Å². The molecule has 6 heteroatoms. The van der Waals surface area contributed by atoms with E-state index in [1.165, 1.54) is 32.1 Å². The van der Waals surface area contributed by atoms with Crippen molar-refractivity contribution >= 4 is 11.2 Å². The van der Waals surface area contributed by atoms with Gasteiger partial charge in [-0.1, -0.05) is 32.3 Å². The van der Waals surface area contributed by atoms with E-state index in [2.05, 4.69) is 46.0 Å². The fraction of sp³-hybridized carbons (Fsp3) is 0.417. The second-order valence-electron chi connectivity index (χ2n) is 9.07. The van der Waals surface area contributed by atoms with Crippen molar-refractivity contribution in [2.24, 2.45) is 12.5 Å². The molecule has 0 radical (unpaired) electrons. The number of imidazole rings is 1. The fourth-order valence-corrected chi connectivity index (χ4v) is 4.70. The van der Waals surface area contributed by atoms with Gasteiger partial charge in [0.25, 0.3) is 0 Å². The average molecular weight is 401 g/mol. The van der Waals surface area contributed by atoms with Gasteiger partial charge in [-0.05, 0) is 37.3 Å². The molecule has 5 rings (SSSR count). The first kappa shape index (κ1) is 19.0. The van der Waals surface area contributed by atoms with E-state index in [-0.39, 0.29) is 0 Å². The van der Waals surface area contributed by atoms with Crippen molar-refractivity contribution in [3.8, 4) is 22.4 Å². The van der Waals surface area contributed by atoms with Crippen molar-refractivity contribution in [3.05, 3.63) is 48.8 Å². The highest BCUT2D eigenvalue weighted by molar-refractivity contribution is 5.84. The van der Waals surface area contributed by atoms with Gasteiger partial charge in [-0.2, -0.15) is 5.10 Å². The summed E-state index contributed by atoms with van der Waals surface area (Å²) in [5, 5.41) is 4.70. The number of aromatic nitrogens is 6. The summed E-state index contributed by atoms with van der Waals surface area (Å²) in [6, 6.07) is 6.27. The molecular formula is C24H28N6. The van der Waals surface area contributed by atoms with Crippen LogP contribution in [0.25, 0.3) is 33.5 Å². The average Bonchev–Trinajstić information content (AvgIpc) is 3.34. The standard InChI is InChI=1S/C24H28N6/c1-17-7-8-20(19-13-27-30(14-19)15-24(2)9-5-4-6-10-24)22(28-17)18-11-21-23(25-12-18)29(3)16-26-21/h7-8,11-14,16H,4-6,9-10,15H2,1-3H3. The summed E-state index contributed by atoms with van der Waals surface area (Å²) in [6.07, 6.45) is 14.4. The zero-order chi connectivity index (χ0) is 20.7. The zero-order valence-electron chi connectivity index (χ0n) is 18.0. The Hall–Kier alpha value is -3.02. The third-order valence-electron chi connectivity index (χ3n) is 6.41. The number of hydrogen-bond acceptors (Lipinski definition) is 4. The molecule has 4 heterocycles.